The van der Waals surface area contributed by atoms with E-state index >= 15 is 0 Å². The minimum Gasteiger partial charge on any atom is -0.459 e. The SMILES string of the molecule is O=C(CNC(=O)c1cccc([N+](=O)[O-])c1)NC1CCN(C(=O)c2ccco2)CC1. The first-order valence-corrected chi connectivity index (χ1v) is 9.09. The lowest BCUT2D eigenvalue weighted by molar-refractivity contribution is -0.384. The zero-order valence-electron chi connectivity index (χ0n) is 15.5. The lowest BCUT2D eigenvalue weighted by Crippen LogP contribution is -2.48. The predicted octanol–water partition coefficient (Wildman–Crippen LogP) is 1.34. The Morgan fingerprint density at radius 3 is 2.59 bits per heavy atom. The molecule has 10 nitrogen and oxygen atoms in total. The summed E-state index contributed by atoms with van der Waals surface area (Å²) in [4.78, 5) is 48.3. The number of rotatable bonds is 6. The molecule has 0 atom stereocenters. The molecular weight excluding hydrogens is 380 g/mol. The zero-order chi connectivity index (χ0) is 20.8. The standard InChI is InChI=1S/C19H20N4O6/c24-17(12-20-18(25)13-3-1-4-15(11-13)23(27)28)21-14-6-8-22(9-7-14)19(26)16-5-2-10-29-16/h1-5,10-11,14H,6-9,12H2,(H,20,25)(H,21,24). The summed E-state index contributed by atoms with van der Waals surface area (Å²) in [5.41, 5.74) is -0.0882. The van der Waals surface area contributed by atoms with Gasteiger partial charge in [-0.1, -0.05) is 6.07 Å². The maximum absolute atomic E-state index is 12.2. The van der Waals surface area contributed by atoms with E-state index in [1.54, 1.807) is 17.0 Å². The van der Waals surface area contributed by atoms with E-state index in [0.29, 0.717) is 25.9 Å². The molecule has 1 aliphatic rings. The van der Waals surface area contributed by atoms with E-state index < -0.39 is 10.8 Å². The topological polar surface area (TPSA) is 135 Å². The minimum absolute atomic E-state index is 0.0992. The van der Waals surface area contributed by atoms with Gasteiger partial charge in [0.15, 0.2) is 5.76 Å². The molecule has 0 bridgehead atoms. The Morgan fingerprint density at radius 2 is 1.93 bits per heavy atom. The van der Waals surface area contributed by atoms with Crippen molar-refractivity contribution in [3.63, 3.8) is 0 Å². The highest BCUT2D eigenvalue weighted by Crippen LogP contribution is 2.15. The molecular formula is C19H20N4O6. The normalized spacial score (nSPS) is 14.3. The summed E-state index contributed by atoms with van der Waals surface area (Å²) in [6.45, 7) is 0.738. The Balaban J connectivity index is 1.42. The van der Waals surface area contributed by atoms with Gasteiger partial charge >= 0.3 is 0 Å². The van der Waals surface area contributed by atoms with Crippen molar-refractivity contribution in [3.05, 3.63) is 64.1 Å². The van der Waals surface area contributed by atoms with Gasteiger partial charge in [0.2, 0.25) is 5.91 Å². The Labute approximate surface area is 166 Å². The molecule has 1 fully saturated rings. The van der Waals surface area contributed by atoms with E-state index in [-0.39, 0.29) is 41.4 Å². The fourth-order valence-corrected chi connectivity index (χ4v) is 3.09. The van der Waals surface area contributed by atoms with Crippen LogP contribution in [0.15, 0.2) is 47.1 Å². The van der Waals surface area contributed by atoms with Crippen LogP contribution < -0.4 is 10.6 Å². The number of hydrogen-bond acceptors (Lipinski definition) is 6. The average molecular weight is 400 g/mol. The number of nitrogens with one attached hydrogen (secondary N) is 2. The average Bonchev–Trinajstić information content (AvgIpc) is 3.27. The molecule has 1 aromatic carbocycles. The van der Waals surface area contributed by atoms with Gasteiger partial charge in [-0.3, -0.25) is 24.5 Å². The molecule has 2 N–H and O–H groups in total. The molecule has 10 heteroatoms. The van der Waals surface area contributed by atoms with Gasteiger partial charge in [-0.05, 0) is 31.0 Å². The van der Waals surface area contributed by atoms with Gasteiger partial charge in [0.1, 0.15) is 0 Å². The summed E-state index contributed by atoms with van der Waals surface area (Å²) < 4.78 is 5.11. The van der Waals surface area contributed by atoms with E-state index in [4.69, 9.17) is 4.42 Å². The number of furan rings is 1. The fraction of sp³-hybridized carbons (Fsp3) is 0.316. The molecule has 0 spiro atoms. The Morgan fingerprint density at radius 1 is 1.17 bits per heavy atom. The van der Waals surface area contributed by atoms with Gasteiger partial charge in [0.25, 0.3) is 17.5 Å². The van der Waals surface area contributed by atoms with E-state index in [1.165, 1.54) is 24.5 Å². The van der Waals surface area contributed by atoms with Crippen molar-refractivity contribution in [1.29, 1.82) is 0 Å². The summed E-state index contributed by atoms with van der Waals surface area (Å²) in [5, 5.41) is 16.1. The van der Waals surface area contributed by atoms with Crippen molar-refractivity contribution < 1.29 is 23.7 Å². The van der Waals surface area contributed by atoms with Crippen LogP contribution in [0.5, 0.6) is 0 Å². The smallest absolute Gasteiger partial charge is 0.289 e. The maximum Gasteiger partial charge on any atom is 0.289 e. The van der Waals surface area contributed by atoms with Crippen LogP contribution in [-0.2, 0) is 4.79 Å². The number of non-ortho nitro benzene ring substituents is 1. The number of likely N-dealkylation sites (tertiary alicyclic amines) is 1. The number of benzene rings is 1. The van der Waals surface area contributed by atoms with Gasteiger partial charge in [-0.25, -0.2) is 0 Å². The van der Waals surface area contributed by atoms with E-state index in [2.05, 4.69) is 10.6 Å². The molecule has 1 saturated heterocycles. The molecule has 3 amide bonds. The molecule has 0 unspecified atom stereocenters. The van der Waals surface area contributed by atoms with Crippen LogP contribution in [0.1, 0.15) is 33.8 Å². The lowest BCUT2D eigenvalue weighted by atomic mass is 10.0. The molecule has 0 aliphatic carbocycles. The first-order valence-electron chi connectivity index (χ1n) is 9.09. The quantitative estimate of drug-likeness (QED) is 0.555. The van der Waals surface area contributed by atoms with Gasteiger partial charge in [-0.2, -0.15) is 0 Å². The third-order valence-electron chi connectivity index (χ3n) is 4.61. The van der Waals surface area contributed by atoms with Crippen molar-refractivity contribution in [2.45, 2.75) is 18.9 Å². The number of amides is 3. The lowest BCUT2D eigenvalue weighted by Gasteiger charge is -2.31. The van der Waals surface area contributed by atoms with Crippen LogP contribution in [0.25, 0.3) is 0 Å². The second-order valence-electron chi connectivity index (χ2n) is 6.60. The molecule has 2 heterocycles. The Hall–Kier alpha value is -3.69. The van der Waals surface area contributed by atoms with Crippen LogP contribution in [0.2, 0.25) is 0 Å². The first-order chi connectivity index (χ1) is 13.9. The van der Waals surface area contributed by atoms with Crippen molar-refractivity contribution in [2.75, 3.05) is 19.6 Å². The Bertz CT molecular complexity index is 903. The number of hydrogen-bond donors (Lipinski definition) is 2. The summed E-state index contributed by atoms with van der Waals surface area (Å²) in [7, 11) is 0. The largest absolute Gasteiger partial charge is 0.459 e. The van der Waals surface area contributed by atoms with E-state index in [0.717, 1.165) is 6.07 Å². The van der Waals surface area contributed by atoms with Crippen molar-refractivity contribution in [3.8, 4) is 0 Å². The van der Waals surface area contributed by atoms with Crippen molar-refractivity contribution in [1.82, 2.24) is 15.5 Å². The number of nitro benzene ring substituents is 1. The third-order valence-corrected chi connectivity index (χ3v) is 4.61. The maximum atomic E-state index is 12.2. The van der Waals surface area contributed by atoms with Gasteiger partial charge < -0.3 is 20.0 Å². The van der Waals surface area contributed by atoms with Gasteiger partial charge in [0, 0.05) is 36.8 Å². The second kappa shape index (κ2) is 9.00. The molecule has 1 aromatic heterocycles. The van der Waals surface area contributed by atoms with Crippen molar-refractivity contribution in [2.24, 2.45) is 0 Å². The zero-order valence-corrected chi connectivity index (χ0v) is 15.5. The highest BCUT2D eigenvalue weighted by Gasteiger charge is 2.25. The van der Waals surface area contributed by atoms with E-state index in [1.807, 2.05) is 0 Å². The monoisotopic (exact) mass is 400 g/mol. The predicted molar refractivity (Wildman–Crippen MR) is 101 cm³/mol. The fourth-order valence-electron chi connectivity index (χ4n) is 3.09. The number of carbonyl (C=O) groups excluding carboxylic acids is 3. The molecule has 0 saturated carbocycles. The first kappa shape index (κ1) is 20.1. The highest BCUT2D eigenvalue weighted by molar-refractivity contribution is 5.97. The summed E-state index contributed by atoms with van der Waals surface area (Å²) in [5.74, 6) is -0.817. The molecule has 3 rings (SSSR count). The van der Waals surface area contributed by atoms with Crippen molar-refractivity contribution >= 4 is 23.4 Å². The highest BCUT2D eigenvalue weighted by atomic mass is 16.6. The van der Waals surface area contributed by atoms with Crippen LogP contribution in [0, 0.1) is 10.1 Å². The number of carbonyl (C=O) groups is 3. The molecule has 2 aromatic rings. The van der Waals surface area contributed by atoms with Gasteiger partial charge in [0.05, 0.1) is 17.7 Å². The summed E-state index contributed by atoms with van der Waals surface area (Å²) >= 11 is 0. The van der Waals surface area contributed by atoms with Crippen LogP contribution >= 0.6 is 0 Å². The minimum atomic E-state index is -0.591. The molecule has 152 valence electrons. The Kier molecular flexibility index (Phi) is 6.22. The van der Waals surface area contributed by atoms with Gasteiger partial charge in [-0.15, -0.1) is 0 Å². The molecule has 1 aliphatic heterocycles. The second-order valence-corrected chi connectivity index (χ2v) is 6.60. The number of nitrogens with zero attached hydrogens (tertiary/aromatic N) is 2. The van der Waals surface area contributed by atoms with Crippen LogP contribution in [-0.4, -0.2) is 53.2 Å². The van der Waals surface area contributed by atoms with E-state index in [9.17, 15) is 24.5 Å². The van der Waals surface area contributed by atoms with Crippen LogP contribution in [0.3, 0.4) is 0 Å². The molecule has 29 heavy (non-hydrogen) atoms. The number of piperidine rings is 1. The van der Waals surface area contributed by atoms with Crippen LogP contribution in [0.4, 0.5) is 5.69 Å². The number of nitro groups is 1. The third kappa shape index (κ3) is 5.18. The molecule has 0 radical (unpaired) electrons. The summed E-state index contributed by atoms with van der Waals surface area (Å²) in [6.07, 6.45) is 2.64. The summed E-state index contributed by atoms with van der Waals surface area (Å²) in [6, 6.07) is 8.45.